The molecule has 0 bridgehead atoms. The van der Waals surface area contributed by atoms with Crippen molar-refractivity contribution in [3.05, 3.63) is 33.3 Å². The van der Waals surface area contributed by atoms with Gasteiger partial charge in [0, 0.05) is 11.1 Å². The van der Waals surface area contributed by atoms with Gasteiger partial charge < -0.3 is 5.11 Å². The summed E-state index contributed by atoms with van der Waals surface area (Å²) in [6.07, 6.45) is 0. The molecule has 0 aliphatic carbocycles. The Bertz CT molecular complexity index is 501. The largest absolute Gasteiger partial charge is 0.477 e. The monoisotopic (exact) mass is 257 g/mol. The number of hydrogen-bond acceptors (Lipinski definition) is 5. The van der Waals surface area contributed by atoms with Gasteiger partial charge in [-0.3, -0.25) is 15.5 Å². The first-order valence-electron chi connectivity index (χ1n) is 4.39. The van der Waals surface area contributed by atoms with Crippen LogP contribution in [0.5, 0.6) is 0 Å². The van der Waals surface area contributed by atoms with Gasteiger partial charge >= 0.3 is 5.97 Å². The molecule has 1 aromatic rings. The number of rotatable bonds is 4. The Morgan fingerprint density at radius 3 is 2.76 bits per heavy atom. The SMILES string of the molecule is CC(=NNc1ccc(Cl)cc1[N+](=O)[O-])C(=O)O. The Morgan fingerprint density at radius 1 is 1.59 bits per heavy atom. The van der Waals surface area contributed by atoms with Gasteiger partial charge in [-0.05, 0) is 19.1 Å². The third-order valence-electron chi connectivity index (χ3n) is 1.81. The maximum absolute atomic E-state index is 10.7. The fourth-order valence-corrected chi connectivity index (χ4v) is 1.11. The first-order valence-corrected chi connectivity index (χ1v) is 4.77. The summed E-state index contributed by atoms with van der Waals surface area (Å²) in [4.78, 5) is 20.5. The summed E-state index contributed by atoms with van der Waals surface area (Å²) >= 11 is 5.61. The molecule has 8 heteroatoms. The Kier molecular flexibility index (Phi) is 4.00. The lowest BCUT2D eigenvalue weighted by molar-refractivity contribution is -0.383. The first-order chi connectivity index (χ1) is 7.91. The van der Waals surface area contributed by atoms with E-state index in [0.717, 1.165) is 6.07 Å². The van der Waals surface area contributed by atoms with Crippen LogP contribution in [0.4, 0.5) is 11.4 Å². The maximum Gasteiger partial charge on any atom is 0.351 e. The van der Waals surface area contributed by atoms with Gasteiger partial charge in [0.15, 0.2) is 0 Å². The quantitative estimate of drug-likeness (QED) is 0.488. The lowest BCUT2D eigenvalue weighted by Crippen LogP contribution is -2.10. The van der Waals surface area contributed by atoms with Crippen molar-refractivity contribution in [3.8, 4) is 0 Å². The highest BCUT2D eigenvalue weighted by molar-refractivity contribution is 6.34. The average Bonchev–Trinajstić information content (AvgIpc) is 2.26. The molecule has 0 heterocycles. The fraction of sp³-hybridized carbons (Fsp3) is 0.111. The van der Waals surface area contributed by atoms with Crippen molar-refractivity contribution in [2.75, 3.05) is 5.43 Å². The van der Waals surface area contributed by atoms with E-state index in [0.29, 0.717) is 0 Å². The lowest BCUT2D eigenvalue weighted by Gasteiger charge is -2.02. The van der Waals surface area contributed by atoms with Gasteiger partial charge in [0.1, 0.15) is 11.4 Å². The predicted octanol–water partition coefficient (Wildman–Crippen LogP) is 2.12. The number of carboxylic acid groups (broad SMARTS) is 1. The highest BCUT2D eigenvalue weighted by Gasteiger charge is 2.14. The van der Waals surface area contributed by atoms with E-state index in [9.17, 15) is 14.9 Å². The second-order valence-corrected chi connectivity index (χ2v) is 3.47. The third kappa shape index (κ3) is 3.42. The predicted molar refractivity (Wildman–Crippen MR) is 62.5 cm³/mol. The van der Waals surface area contributed by atoms with Crippen LogP contribution >= 0.6 is 11.6 Å². The van der Waals surface area contributed by atoms with Crippen LogP contribution in [0, 0.1) is 10.1 Å². The first kappa shape index (κ1) is 12.9. The van der Waals surface area contributed by atoms with Crippen LogP contribution in [-0.4, -0.2) is 21.7 Å². The number of benzene rings is 1. The molecule has 1 aromatic carbocycles. The molecule has 0 aliphatic heterocycles. The Labute approximate surface area is 101 Å². The van der Waals surface area contributed by atoms with Crippen LogP contribution < -0.4 is 5.43 Å². The zero-order chi connectivity index (χ0) is 13.0. The second kappa shape index (κ2) is 5.26. The van der Waals surface area contributed by atoms with Crippen molar-refractivity contribution in [1.82, 2.24) is 0 Å². The number of carbonyl (C=O) groups is 1. The standard InChI is InChI=1S/C9H8ClN3O4/c1-5(9(14)15)11-12-7-3-2-6(10)4-8(7)13(16)17/h2-4,12H,1H3,(H,14,15). The molecule has 0 amide bonds. The van der Waals surface area contributed by atoms with Crippen molar-refractivity contribution in [2.24, 2.45) is 5.10 Å². The molecular formula is C9H8ClN3O4. The maximum atomic E-state index is 10.7. The molecule has 2 N–H and O–H groups in total. The Hall–Kier alpha value is -2.15. The normalized spacial score (nSPS) is 11.1. The van der Waals surface area contributed by atoms with Gasteiger partial charge in [-0.2, -0.15) is 5.10 Å². The smallest absolute Gasteiger partial charge is 0.351 e. The molecular weight excluding hydrogens is 250 g/mol. The van der Waals surface area contributed by atoms with Crippen molar-refractivity contribution >= 4 is 34.7 Å². The molecule has 0 aliphatic rings. The van der Waals surface area contributed by atoms with E-state index < -0.39 is 10.9 Å². The summed E-state index contributed by atoms with van der Waals surface area (Å²) < 4.78 is 0. The van der Waals surface area contributed by atoms with Crippen LogP contribution in [0.15, 0.2) is 23.3 Å². The van der Waals surface area contributed by atoms with Gasteiger partial charge in [0.25, 0.3) is 5.69 Å². The number of hydrogen-bond donors (Lipinski definition) is 2. The van der Waals surface area contributed by atoms with Crippen LogP contribution in [0.2, 0.25) is 5.02 Å². The van der Waals surface area contributed by atoms with E-state index in [4.69, 9.17) is 16.7 Å². The molecule has 1 rings (SSSR count). The molecule has 0 saturated carbocycles. The molecule has 0 atom stereocenters. The number of hydrazone groups is 1. The van der Waals surface area contributed by atoms with E-state index in [1.54, 1.807) is 0 Å². The Morgan fingerprint density at radius 2 is 2.24 bits per heavy atom. The summed E-state index contributed by atoms with van der Waals surface area (Å²) in [6.45, 7) is 1.26. The summed E-state index contributed by atoms with van der Waals surface area (Å²) in [5.74, 6) is -1.21. The minimum Gasteiger partial charge on any atom is -0.477 e. The van der Waals surface area contributed by atoms with E-state index in [1.165, 1.54) is 19.1 Å². The summed E-state index contributed by atoms with van der Waals surface area (Å²) in [7, 11) is 0. The second-order valence-electron chi connectivity index (χ2n) is 3.03. The van der Waals surface area contributed by atoms with Crippen molar-refractivity contribution in [3.63, 3.8) is 0 Å². The minimum absolute atomic E-state index is 0.0694. The molecule has 0 saturated heterocycles. The topological polar surface area (TPSA) is 105 Å². The molecule has 0 aromatic heterocycles. The van der Waals surface area contributed by atoms with Crippen LogP contribution in [0.1, 0.15) is 6.92 Å². The molecule has 7 nitrogen and oxygen atoms in total. The Balaban J connectivity index is 3.03. The van der Waals surface area contributed by atoms with Crippen LogP contribution in [0.25, 0.3) is 0 Å². The van der Waals surface area contributed by atoms with Crippen molar-refractivity contribution < 1.29 is 14.8 Å². The number of nitrogens with zero attached hydrogens (tertiary/aromatic N) is 2. The minimum atomic E-state index is -1.21. The van der Waals surface area contributed by atoms with Crippen molar-refractivity contribution in [2.45, 2.75) is 6.92 Å². The van der Waals surface area contributed by atoms with Gasteiger partial charge in [0.05, 0.1) is 4.92 Å². The summed E-state index contributed by atoms with van der Waals surface area (Å²) in [5, 5.41) is 22.9. The highest BCUT2D eigenvalue weighted by atomic mass is 35.5. The summed E-state index contributed by atoms with van der Waals surface area (Å²) in [5.41, 5.74) is 1.89. The molecule has 90 valence electrons. The zero-order valence-corrected chi connectivity index (χ0v) is 9.43. The van der Waals surface area contributed by atoms with Crippen LogP contribution in [0.3, 0.4) is 0 Å². The van der Waals surface area contributed by atoms with E-state index in [1.807, 2.05) is 0 Å². The number of nitro groups is 1. The van der Waals surface area contributed by atoms with Crippen molar-refractivity contribution in [1.29, 1.82) is 0 Å². The van der Waals surface area contributed by atoms with Gasteiger partial charge in [-0.1, -0.05) is 11.6 Å². The third-order valence-corrected chi connectivity index (χ3v) is 2.05. The number of carboxylic acids is 1. The van der Waals surface area contributed by atoms with Gasteiger partial charge in [-0.25, -0.2) is 4.79 Å². The fourth-order valence-electron chi connectivity index (χ4n) is 0.942. The number of nitrogens with one attached hydrogen (secondary N) is 1. The van der Waals surface area contributed by atoms with Crippen LogP contribution in [-0.2, 0) is 4.79 Å². The molecule has 0 fully saturated rings. The lowest BCUT2D eigenvalue weighted by atomic mass is 10.3. The average molecular weight is 258 g/mol. The van der Waals surface area contributed by atoms with E-state index in [2.05, 4.69) is 10.5 Å². The number of halogens is 1. The number of nitro benzene ring substituents is 1. The molecule has 17 heavy (non-hydrogen) atoms. The number of anilines is 1. The highest BCUT2D eigenvalue weighted by Crippen LogP contribution is 2.27. The zero-order valence-electron chi connectivity index (χ0n) is 8.68. The number of aliphatic carboxylic acids is 1. The summed E-state index contributed by atoms with van der Waals surface area (Å²) in [6, 6.07) is 3.93. The molecule has 0 spiro atoms. The molecule has 0 radical (unpaired) electrons. The van der Waals surface area contributed by atoms with E-state index >= 15 is 0 Å². The van der Waals surface area contributed by atoms with Gasteiger partial charge in [-0.15, -0.1) is 0 Å². The van der Waals surface area contributed by atoms with Gasteiger partial charge in [0.2, 0.25) is 0 Å². The molecule has 0 unspecified atom stereocenters. The van der Waals surface area contributed by atoms with E-state index in [-0.39, 0.29) is 22.1 Å².